The van der Waals surface area contributed by atoms with Crippen molar-refractivity contribution >= 4 is 5.96 Å². The number of likely N-dealkylation sites (tertiary alicyclic amines) is 1. The SMILES string of the molecule is CCOCc1ccc(CNC(=NC)N2CCCC(C)C2)cc1. The fourth-order valence-electron chi connectivity index (χ4n) is 2.87. The molecule has 4 heteroatoms. The maximum Gasteiger partial charge on any atom is 0.193 e. The molecule has 1 atom stereocenters. The van der Waals surface area contributed by atoms with Gasteiger partial charge in [-0.15, -0.1) is 0 Å². The van der Waals surface area contributed by atoms with Gasteiger partial charge in [-0.2, -0.15) is 0 Å². The molecule has 0 aliphatic carbocycles. The summed E-state index contributed by atoms with van der Waals surface area (Å²) >= 11 is 0. The molecule has 1 aromatic carbocycles. The zero-order chi connectivity index (χ0) is 15.8. The lowest BCUT2D eigenvalue weighted by Crippen LogP contribution is -2.45. The molecule has 1 N–H and O–H groups in total. The van der Waals surface area contributed by atoms with E-state index < -0.39 is 0 Å². The second-order valence-corrected chi connectivity index (χ2v) is 6.05. The van der Waals surface area contributed by atoms with Gasteiger partial charge in [0.2, 0.25) is 0 Å². The summed E-state index contributed by atoms with van der Waals surface area (Å²) in [6.07, 6.45) is 2.59. The van der Waals surface area contributed by atoms with Crippen LogP contribution in [0.15, 0.2) is 29.3 Å². The Morgan fingerprint density at radius 3 is 2.68 bits per heavy atom. The standard InChI is InChI=1S/C18H29N3O/c1-4-22-14-17-9-7-16(8-10-17)12-20-18(19-3)21-11-5-6-15(2)13-21/h7-10,15H,4-6,11-14H2,1-3H3,(H,19,20). The quantitative estimate of drug-likeness (QED) is 0.671. The molecule has 4 nitrogen and oxygen atoms in total. The molecule has 122 valence electrons. The number of aliphatic imine (C=N–C) groups is 1. The average Bonchev–Trinajstić information content (AvgIpc) is 2.55. The molecule has 22 heavy (non-hydrogen) atoms. The number of benzene rings is 1. The maximum absolute atomic E-state index is 5.42. The van der Waals surface area contributed by atoms with Gasteiger partial charge in [-0.25, -0.2) is 0 Å². The fraction of sp³-hybridized carbons (Fsp3) is 0.611. The number of nitrogens with one attached hydrogen (secondary N) is 1. The minimum Gasteiger partial charge on any atom is -0.377 e. The summed E-state index contributed by atoms with van der Waals surface area (Å²) in [7, 11) is 1.87. The third-order valence-electron chi connectivity index (χ3n) is 4.11. The number of ether oxygens (including phenoxy) is 1. The van der Waals surface area contributed by atoms with Gasteiger partial charge in [0.15, 0.2) is 5.96 Å². The predicted molar refractivity (Wildman–Crippen MR) is 91.9 cm³/mol. The molecular weight excluding hydrogens is 274 g/mol. The minimum atomic E-state index is 0.692. The first kappa shape index (κ1) is 16.8. The normalized spacial score (nSPS) is 19.3. The van der Waals surface area contributed by atoms with E-state index in [4.69, 9.17) is 4.74 Å². The zero-order valence-corrected chi connectivity index (χ0v) is 14.1. The highest BCUT2D eigenvalue weighted by molar-refractivity contribution is 5.79. The van der Waals surface area contributed by atoms with Crippen molar-refractivity contribution in [2.75, 3.05) is 26.7 Å². The number of rotatable bonds is 5. The van der Waals surface area contributed by atoms with Gasteiger partial charge in [0.05, 0.1) is 6.61 Å². The van der Waals surface area contributed by atoms with E-state index in [1.54, 1.807) is 0 Å². The van der Waals surface area contributed by atoms with Crippen molar-refractivity contribution in [3.8, 4) is 0 Å². The van der Waals surface area contributed by atoms with E-state index in [1.807, 2.05) is 14.0 Å². The van der Waals surface area contributed by atoms with Crippen LogP contribution in [0.2, 0.25) is 0 Å². The summed E-state index contributed by atoms with van der Waals surface area (Å²) in [5, 5.41) is 3.48. The van der Waals surface area contributed by atoms with E-state index in [-0.39, 0.29) is 0 Å². The molecule has 1 saturated heterocycles. The number of nitrogens with zero attached hydrogens (tertiary/aromatic N) is 2. The summed E-state index contributed by atoms with van der Waals surface area (Å²) in [6.45, 7) is 8.81. The Kier molecular flexibility index (Phi) is 6.72. The Balaban J connectivity index is 1.85. The first-order chi connectivity index (χ1) is 10.7. The molecular formula is C18H29N3O. The summed E-state index contributed by atoms with van der Waals surface area (Å²) in [5.74, 6) is 1.77. The first-order valence-corrected chi connectivity index (χ1v) is 8.34. The Morgan fingerprint density at radius 2 is 2.05 bits per heavy atom. The Morgan fingerprint density at radius 1 is 1.32 bits per heavy atom. The maximum atomic E-state index is 5.42. The lowest BCUT2D eigenvalue weighted by atomic mass is 10.0. The van der Waals surface area contributed by atoms with Gasteiger partial charge in [-0.05, 0) is 36.8 Å². The molecule has 0 saturated carbocycles. The van der Waals surface area contributed by atoms with Gasteiger partial charge in [-0.1, -0.05) is 31.2 Å². The predicted octanol–water partition coefficient (Wildman–Crippen LogP) is 3.03. The second-order valence-electron chi connectivity index (χ2n) is 6.05. The molecule has 1 heterocycles. The van der Waals surface area contributed by atoms with Gasteiger partial charge in [0, 0.05) is 33.3 Å². The highest BCUT2D eigenvalue weighted by atomic mass is 16.5. The van der Waals surface area contributed by atoms with Gasteiger partial charge in [0.1, 0.15) is 0 Å². The molecule has 1 fully saturated rings. The molecule has 1 aliphatic rings. The van der Waals surface area contributed by atoms with Crippen molar-refractivity contribution < 1.29 is 4.74 Å². The number of hydrogen-bond acceptors (Lipinski definition) is 2. The summed E-state index contributed by atoms with van der Waals surface area (Å²) < 4.78 is 5.42. The highest BCUT2D eigenvalue weighted by Gasteiger charge is 2.18. The molecule has 0 spiro atoms. The van der Waals surface area contributed by atoms with Crippen molar-refractivity contribution in [1.82, 2.24) is 10.2 Å². The summed E-state index contributed by atoms with van der Waals surface area (Å²) in [4.78, 5) is 6.80. The topological polar surface area (TPSA) is 36.9 Å². The van der Waals surface area contributed by atoms with Crippen molar-refractivity contribution in [2.45, 2.75) is 39.8 Å². The molecule has 0 amide bonds. The third kappa shape index (κ3) is 5.02. The molecule has 1 aliphatic heterocycles. The average molecular weight is 303 g/mol. The summed E-state index contributed by atoms with van der Waals surface area (Å²) in [6, 6.07) is 8.59. The van der Waals surface area contributed by atoms with Gasteiger partial charge < -0.3 is 15.0 Å². The molecule has 1 aromatic rings. The Bertz CT molecular complexity index is 470. The van der Waals surface area contributed by atoms with Gasteiger partial charge in [-0.3, -0.25) is 4.99 Å². The first-order valence-electron chi connectivity index (χ1n) is 8.34. The lowest BCUT2D eigenvalue weighted by Gasteiger charge is -2.33. The lowest BCUT2D eigenvalue weighted by molar-refractivity contribution is 0.134. The number of piperidine rings is 1. The van der Waals surface area contributed by atoms with Crippen molar-refractivity contribution in [3.63, 3.8) is 0 Å². The van der Waals surface area contributed by atoms with Crippen molar-refractivity contribution in [3.05, 3.63) is 35.4 Å². The monoisotopic (exact) mass is 303 g/mol. The van der Waals surface area contributed by atoms with Crippen LogP contribution in [-0.4, -0.2) is 37.6 Å². The van der Waals surface area contributed by atoms with Crippen LogP contribution in [0.25, 0.3) is 0 Å². The van der Waals surface area contributed by atoms with E-state index in [1.165, 1.54) is 24.0 Å². The molecule has 0 radical (unpaired) electrons. The van der Waals surface area contributed by atoms with Crippen LogP contribution in [0.3, 0.4) is 0 Å². The zero-order valence-electron chi connectivity index (χ0n) is 14.1. The van der Waals surface area contributed by atoms with E-state index in [2.05, 4.69) is 46.4 Å². The molecule has 0 aromatic heterocycles. The van der Waals surface area contributed by atoms with Gasteiger partial charge in [0.25, 0.3) is 0 Å². The number of hydrogen-bond donors (Lipinski definition) is 1. The molecule has 2 rings (SSSR count). The van der Waals surface area contributed by atoms with Crippen LogP contribution < -0.4 is 5.32 Å². The van der Waals surface area contributed by atoms with E-state index >= 15 is 0 Å². The smallest absolute Gasteiger partial charge is 0.193 e. The molecule has 0 bridgehead atoms. The van der Waals surface area contributed by atoms with Crippen LogP contribution in [-0.2, 0) is 17.9 Å². The van der Waals surface area contributed by atoms with Crippen LogP contribution in [0.1, 0.15) is 37.8 Å². The van der Waals surface area contributed by atoms with Crippen LogP contribution in [0.4, 0.5) is 0 Å². The van der Waals surface area contributed by atoms with Crippen molar-refractivity contribution in [1.29, 1.82) is 0 Å². The Labute approximate surface area is 134 Å². The molecule has 1 unspecified atom stereocenters. The van der Waals surface area contributed by atoms with E-state index in [0.717, 1.165) is 38.1 Å². The fourth-order valence-corrected chi connectivity index (χ4v) is 2.87. The number of guanidine groups is 1. The van der Waals surface area contributed by atoms with Crippen LogP contribution in [0, 0.1) is 5.92 Å². The van der Waals surface area contributed by atoms with Crippen molar-refractivity contribution in [2.24, 2.45) is 10.9 Å². The Hall–Kier alpha value is -1.55. The second kappa shape index (κ2) is 8.79. The summed E-state index contributed by atoms with van der Waals surface area (Å²) in [5.41, 5.74) is 2.49. The minimum absolute atomic E-state index is 0.692. The van der Waals surface area contributed by atoms with Crippen LogP contribution >= 0.6 is 0 Å². The third-order valence-corrected chi connectivity index (χ3v) is 4.11. The van der Waals surface area contributed by atoms with E-state index in [9.17, 15) is 0 Å². The van der Waals surface area contributed by atoms with Crippen LogP contribution in [0.5, 0.6) is 0 Å². The highest BCUT2D eigenvalue weighted by Crippen LogP contribution is 2.15. The van der Waals surface area contributed by atoms with E-state index in [0.29, 0.717) is 6.61 Å². The largest absolute Gasteiger partial charge is 0.377 e. The van der Waals surface area contributed by atoms with Gasteiger partial charge >= 0.3 is 0 Å².